The zero-order valence-electron chi connectivity index (χ0n) is 18.8. The van der Waals surface area contributed by atoms with Crippen molar-refractivity contribution in [3.63, 3.8) is 0 Å². The Labute approximate surface area is 191 Å². The molecular formula is C24H33ClN2O3S. The number of unbranched alkanes of at least 4 members (excludes halogenated alkanes) is 1. The van der Waals surface area contributed by atoms with Gasteiger partial charge >= 0.3 is 0 Å². The van der Waals surface area contributed by atoms with Gasteiger partial charge in [0, 0.05) is 17.1 Å². The average Bonchev–Trinajstić information content (AvgIpc) is 2.73. The summed E-state index contributed by atoms with van der Waals surface area (Å²) < 4.78 is 26.1. The Morgan fingerprint density at radius 1 is 1.13 bits per heavy atom. The number of hydrogen-bond donors (Lipinski definition) is 1. The van der Waals surface area contributed by atoms with Crippen LogP contribution in [0.25, 0.3) is 0 Å². The van der Waals surface area contributed by atoms with Crippen LogP contribution in [0.3, 0.4) is 0 Å². The van der Waals surface area contributed by atoms with E-state index in [0.29, 0.717) is 28.7 Å². The third-order valence-electron chi connectivity index (χ3n) is 5.48. The number of anilines is 1. The van der Waals surface area contributed by atoms with Gasteiger partial charge in [0.1, 0.15) is 0 Å². The van der Waals surface area contributed by atoms with E-state index in [-0.39, 0.29) is 12.5 Å². The number of hydrogen-bond acceptors (Lipinski definition) is 3. The number of carbonyl (C=O) groups is 1. The minimum atomic E-state index is -3.51. The quantitative estimate of drug-likeness (QED) is 0.473. The molecule has 0 spiro atoms. The molecule has 0 fully saturated rings. The summed E-state index contributed by atoms with van der Waals surface area (Å²) in [5.41, 5.74) is 2.75. The highest BCUT2D eigenvalue weighted by atomic mass is 35.5. The van der Waals surface area contributed by atoms with Gasteiger partial charge in [-0.1, -0.05) is 62.9 Å². The number of carbonyl (C=O) groups excluding carboxylic acids is 1. The van der Waals surface area contributed by atoms with Crippen LogP contribution in [0.4, 0.5) is 5.69 Å². The Hall–Kier alpha value is -2.05. The SMILES string of the molecule is CCCC[C@@H](CC)CNC(=O)c1ccc(CN(c2ccc(C)c(Cl)c2)S(C)(=O)=O)cc1. The molecule has 0 saturated heterocycles. The van der Waals surface area contributed by atoms with Crippen LogP contribution >= 0.6 is 11.6 Å². The highest BCUT2D eigenvalue weighted by Crippen LogP contribution is 2.26. The molecule has 1 N–H and O–H groups in total. The molecule has 7 heteroatoms. The summed E-state index contributed by atoms with van der Waals surface area (Å²) in [6.45, 7) is 7.02. The van der Waals surface area contributed by atoms with Gasteiger partial charge in [-0.25, -0.2) is 8.42 Å². The Balaban J connectivity index is 2.08. The minimum Gasteiger partial charge on any atom is -0.352 e. The van der Waals surface area contributed by atoms with Crippen LogP contribution < -0.4 is 9.62 Å². The predicted molar refractivity (Wildman–Crippen MR) is 129 cm³/mol. The third kappa shape index (κ3) is 7.54. The molecule has 5 nitrogen and oxygen atoms in total. The molecule has 1 atom stereocenters. The van der Waals surface area contributed by atoms with E-state index >= 15 is 0 Å². The molecule has 0 aromatic heterocycles. The molecule has 0 saturated carbocycles. The molecule has 0 heterocycles. The van der Waals surface area contributed by atoms with Gasteiger partial charge in [-0.3, -0.25) is 9.10 Å². The molecule has 31 heavy (non-hydrogen) atoms. The molecule has 0 aliphatic heterocycles. The fourth-order valence-corrected chi connectivity index (χ4v) is 4.40. The Kier molecular flexibility index (Phi) is 9.38. The molecular weight excluding hydrogens is 432 g/mol. The summed E-state index contributed by atoms with van der Waals surface area (Å²) >= 11 is 6.19. The maximum Gasteiger partial charge on any atom is 0.251 e. The predicted octanol–water partition coefficient (Wildman–Crippen LogP) is 5.56. The van der Waals surface area contributed by atoms with E-state index in [4.69, 9.17) is 11.6 Å². The normalized spacial score (nSPS) is 12.4. The van der Waals surface area contributed by atoms with Gasteiger partial charge in [0.25, 0.3) is 5.91 Å². The topological polar surface area (TPSA) is 66.5 Å². The van der Waals surface area contributed by atoms with Crippen LogP contribution in [0, 0.1) is 12.8 Å². The summed E-state index contributed by atoms with van der Waals surface area (Å²) in [4.78, 5) is 12.5. The zero-order chi connectivity index (χ0) is 23.0. The summed E-state index contributed by atoms with van der Waals surface area (Å²) in [6.07, 6.45) is 5.67. The van der Waals surface area contributed by atoms with Crippen molar-refractivity contribution in [3.8, 4) is 0 Å². The van der Waals surface area contributed by atoms with Gasteiger partial charge in [-0.15, -0.1) is 0 Å². The number of rotatable bonds is 11. The van der Waals surface area contributed by atoms with Gasteiger partial charge in [0.15, 0.2) is 0 Å². The lowest BCUT2D eigenvalue weighted by atomic mass is 9.99. The van der Waals surface area contributed by atoms with Crippen molar-refractivity contribution in [3.05, 3.63) is 64.2 Å². The Bertz CT molecular complexity index is 975. The van der Waals surface area contributed by atoms with Crippen molar-refractivity contribution >= 4 is 33.2 Å². The second-order valence-corrected chi connectivity index (χ2v) is 10.3. The van der Waals surface area contributed by atoms with E-state index in [2.05, 4.69) is 19.2 Å². The van der Waals surface area contributed by atoms with Gasteiger partial charge in [-0.2, -0.15) is 0 Å². The maximum absolute atomic E-state index is 12.5. The number of nitrogens with zero attached hydrogens (tertiary/aromatic N) is 1. The fourth-order valence-electron chi connectivity index (χ4n) is 3.35. The first-order valence-electron chi connectivity index (χ1n) is 10.8. The second kappa shape index (κ2) is 11.5. The van der Waals surface area contributed by atoms with E-state index in [1.807, 2.05) is 6.92 Å². The summed E-state index contributed by atoms with van der Waals surface area (Å²) in [5.74, 6) is 0.389. The van der Waals surface area contributed by atoms with Crippen molar-refractivity contribution in [2.75, 3.05) is 17.1 Å². The Morgan fingerprint density at radius 3 is 2.35 bits per heavy atom. The molecule has 2 aromatic rings. The number of sulfonamides is 1. The van der Waals surface area contributed by atoms with Gasteiger partial charge in [0.2, 0.25) is 10.0 Å². The second-order valence-electron chi connectivity index (χ2n) is 8.03. The largest absolute Gasteiger partial charge is 0.352 e. The highest BCUT2D eigenvalue weighted by Gasteiger charge is 2.19. The van der Waals surface area contributed by atoms with Gasteiger partial charge < -0.3 is 5.32 Å². The first-order valence-corrected chi connectivity index (χ1v) is 13.0. The first kappa shape index (κ1) is 25.2. The summed E-state index contributed by atoms with van der Waals surface area (Å²) in [5, 5.41) is 3.54. The summed E-state index contributed by atoms with van der Waals surface area (Å²) in [6, 6.07) is 12.2. The molecule has 1 amide bonds. The standard InChI is InChI=1S/C24H33ClN2O3S/c1-5-7-8-19(6-2)16-26-24(28)21-12-10-20(11-13-21)17-27(31(4,29)30)22-14-9-18(3)23(25)15-22/h9-15,19H,5-8,16-17H2,1-4H3,(H,26,28)/t19-/m1/s1. The van der Waals surface area contributed by atoms with E-state index in [9.17, 15) is 13.2 Å². The molecule has 2 aromatic carbocycles. The van der Waals surface area contributed by atoms with Crippen molar-refractivity contribution < 1.29 is 13.2 Å². The van der Waals surface area contributed by atoms with Crippen LogP contribution in [-0.4, -0.2) is 27.1 Å². The van der Waals surface area contributed by atoms with Gasteiger partial charge in [-0.05, 0) is 54.7 Å². The lowest BCUT2D eigenvalue weighted by Gasteiger charge is -2.23. The maximum atomic E-state index is 12.5. The third-order valence-corrected chi connectivity index (χ3v) is 7.03. The smallest absolute Gasteiger partial charge is 0.251 e. The molecule has 0 bridgehead atoms. The molecule has 0 radical (unpaired) electrons. The zero-order valence-corrected chi connectivity index (χ0v) is 20.4. The first-order chi connectivity index (χ1) is 14.7. The number of aryl methyl sites for hydroxylation is 1. The number of amides is 1. The van der Waals surface area contributed by atoms with E-state index < -0.39 is 10.0 Å². The average molecular weight is 465 g/mol. The van der Waals surface area contributed by atoms with Crippen LogP contribution in [0.2, 0.25) is 5.02 Å². The lowest BCUT2D eigenvalue weighted by Crippen LogP contribution is -2.30. The minimum absolute atomic E-state index is 0.105. The fraction of sp³-hybridized carbons (Fsp3) is 0.458. The van der Waals surface area contributed by atoms with Crippen molar-refractivity contribution in [2.45, 2.75) is 53.0 Å². The number of nitrogens with one attached hydrogen (secondary N) is 1. The van der Waals surface area contributed by atoms with Crippen molar-refractivity contribution in [1.82, 2.24) is 5.32 Å². The molecule has 2 rings (SSSR count). The monoisotopic (exact) mass is 464 g/mol. The molecule has 0 aliphatic carbocycles. The van der Waals surface area contributed by atoms with Crippen LogP contribution in [0.15, 0.2) is 42.5 Å². The molecule has 0 unspecified atom stereocenters. The summed E-state index contributed by atoms with van der Waals surface area (Å²) in [7, 11) is -3.51. The lowest BCUT2D eigenvalue weighted by molar-refractivity contribution is 0.0946. The van der Waals surface area contributed by atoms with Gasteiger partial charge in [0.05, 0.1) is 18.5 Å². The van der Waals surface area contributed by atoms with E-state index in [0.717, 1.165) is 30.4 Å². The molecule has 170 valence electrons. The van der Waals surface area contributed by atoms with Crippen molar-refractivity contribution in [2.24, 2.45) is 5.92 Å². The van der Waals surface area contributed by atoms with E-state index in [1.54, 1.807) is 42.5 Å². The number of halogens is 1. The van der Waals surface area contributed by atoms with Crippen LogP contribution in [-0.2, 0) is 16.6 Å². The molecule has 0 aliphatic rings. The Morgan fingerprint density at radius 2 is 1.81 bits per heavy atom. The number of benzene rings is 2. The van der Waals surface area contributed by atoms with E-state index in [1.165, 1.54) is 17.0 Å². The van der Waals surface area contributed by atoms with Crippen LogP contribution in [0.5, 0.6) is 0 Å². The van der Waals surface area contributed by atoms with Crippen LogP contribution in [0.1, 0.15) is 61.0 Å². The highest BCUT2D eigenvalue weighted by molar-refractivity contribution is 7.92. The van der Waals surface area contributed by atoms with Crippen molar-refractivity contribution in [1.29, 1.82) is 0 Å².